The maximum absolute atomic E-state index is 5.88. The number of nitrogens with two attached hydrogens (primary N) is 1. The molecule has 0 amide bonds. The van der Waals surface area contributed by atoms with Gasteiger partial charge in [-0.2, -0.15) is 0 Å². The average molecular weight is 326 g/mol. The highest BCUT2D eigenvalue weighted by atomic mass is 16.0. The molecule has 0 radical (unpaired) electrons. The lowest BCUT2D eigenvalue weighted by atomic mass is 9.96. The second-order valence-corrected chi connectivity index (χ2v) is 6.57. The monoisotopic (exact) mass is 325 g/mol. The van der Waals surface area contributed by atoms with E-state index in [-0.39, 0.29) is 11.0 Å². The Bertz CT molecular complexity index is 382. The standard InChI is InChI=1S/C20H35N.2H2O/c1-4-5-6-7-8-9-10-11-12-13-14-20-17(2)15-19(21)16-18(20)3;;/h15-16H,4-14,21H2,1-3H3;2*1H2. The van der Waals surface area contributed by atoms with Crippen molar-refractivity contribution in [1.29, 1.82) is 0 Å². The van der Waals surface area contributed by atoms with E-state index in [1.54, 1.807) is 0 Å². The van der Waals surface area contributed by atoms with Crippen LogP contribution in [0.4, 0.5) is 5.69 Å². The molecule has 0 unspecified atom stereocenters. The predicted octanol–water partition coefficient (Wildman–Crippen LogP) is 4.70. The second kappa shape index (κ2) is 14.5. The Morgan fingerprint density at radius 2 is 1.09 bits per heavy atom. The van der Waals surface area contributed by atoms with Crippen LogP contribution in [0, 0.1) is 13.8 Å². The van der Waals surface area contributed by atoms with Crippen LogP contribution in [-0.4, -0.2) is 11.0 Å². The number of benzene rings is 1. The number of rotatable bonds is 11. The van der Waals surface area contributed by atoms with Gasteiger partial charge in [0.15, 0.2) is 0 Å². The van der Waals surface area contributed by atoms with Gasteiger partial charge in [0.1, 0.15) is 0 Å². The third-order valence-corrected chi connectivity index (χ3v) is 4.50. The highest BCUT2D eigenvalue weighted by molar-refractivity contribution is 5.48. The lowest BCUT2D eigenvalue weighted by Gasteiger charge is -2.11. The summed E-state index contributed by atoms with van der Waals surface area (Å²) in [5.41, 5.74) is 11.0. The van der Waals surface area contributed by atoms with Crippen LogP contribution in [0.5, 0.6) is 0 Å². The minimum absolute atomic E-state index is 0. The van der Waals surface area contributed by atoms with E-state index in [4.69, 9.17) is 5.73 Å². The molecule has 23 heavy (non-hydrogen) atoms. The van der Waals surface area contributed by atoms with Gasteiger partial charge in [0.2, 0.25) is 0 Å². The van der Waals surface area contributed by atoms with Crippen LogP contribution in [0.2, 0.25) is 0 Å². The highest BCUT2D eigenvalue weighted by Crippen LogP contribution is 2.21. The first-order chi connectivity index (χ1) is 10.1. The van der Waals surface area contributed by atoms with Gasteiger partial charge in [-0.1, -0.05) is 64.7 Å². The molecule has 136 valence electrons. The van der Waals surface area contributed by atoms with Gasteiger partial charge in [-0.15, -0.1) is 0 Å². The third-order valence-electron chi connectivity index (χ3n) is 4.50. The Morgan fingerprint density at radius 3 is 1.52 bits per heavy atom. The minimum Gasteiger partial charge on any atom is -0.412 e. The van der Waals surface area contributed by atoms with Gasteiger partial charge in [-0.05, 0) is 55.5 Å². The Morgan fingerprint density at radius 1 is 0.696 bits per heavy atom. The molecule has 0 aliphatic rings. The molecule has 6 N–H and O–H groups in total. The van der Waals surface area contributed by atoms with Crippen LogP contribution in [0.25, 0.3) is 0 Å². The second-order valence-electron chi connectivity index (χ2n) is 6.57. The van der Waals surface area contributed by atoms with Gasteiger partial charge in [0.25, 0.3) is 0 Å². The molecule has 0 saturated heterocycles. The molecule has 1 aromatic carbocycles. The van der Waals surface area contributed by atoms with E-state index in [1.807, 2.05) is 0 Å². The van der Waals surface area contributed by atoms with Crippen molar-refractivity contribution >= 4 is 5.69 Å². The molecule has 1 rings (SSSR count). The quantitative estimate of drug-likeness (QED) is 0.463. The van der Waals surface area contributed by atoms with E-state index in [1.165, 1.54) is 87.3 Å². The van der Waals surface area contributed by atoms with Gasteiger partial charge in [0.05, 0.1) is 0 Å². The van der Waals surface area contributed by atoms with Crippen LogP contribution in [0.15, 0.2) is 12.1 Å². The molecular weight excluding hydrogens is 286 g/mol. The fraction of sp³-hybridized carbons (Fsp3) is 0.700. The SMILES string of the molecule is CCCCCCCCCCCCc1c(C)cc(N)cc1C.O.O. The Balaban J connectivity index is 0. The average Bonchev–Trinajstić information content (AvgIpc) is 2.43. The summed E-state index contributed by atoms with van der Waals surface area (Å²) in [5, 5.41) is 0. The fourth-order valence-electron chi connectivity index (χ4n) is 3.21. The van der Waals surface area contributed by atoms with E-state index < -0.39 is 0 Å². The summed E-state index contributed by atoms with van der Waals surface area (Å²) in [7, 11) is 0. The van der Waals surface area contributed by atoms with E-state index in [9.17, 15) is 0 Å². The van der Waals surface area contributed by atoms with Crippen molar-refractivity contribution in [3.63, 3.8) is 0 Å². The molecular formula is C20H39NO2. The first-order valence-corrected chi connectivity index (χ1v) is 9.00. The van der Waals surface area contributed by atoms with Crippen molar-refractivity contribution in [2.45, 2.75) is 91.4 Å². The van der Waals surface area contributed by atoms with Crippen LogP contribution < -0.4 is 5.73 Å². The number of nitrogen functional groups attached to an aromatic ring is 1. The van der Waals surface area contributed by atoms with Crippen LogP contribution in [0.1, 0.15) is 87.8 Å². The van der Waals surface area contributed by atoms with Crippen molar-refractivity contribution in [3.8, 4) is 0 Å². The first-order valence-electron chi connectivity index (χ1n) is 9.00. The zero-order valence-electron chi connectivity index (χ0n) is 15.5. The number of unbranched alkanes of at least 4 members (excludes halogenated alkanes) is 9. The first kappa shape index (κ1) is 24.2. The van der Waals surface area contributed by atoms with E-state index in [2.05, 4.69) is 32.9 Å². The van der Waals surface area contributed by atoms with Crippen molar-refractivity contribution in [1.82, 2.24) is 0 Å². The number of anilines is 1. The molecule has 0 bridgehead atoms. The maximum atomic E-state index is 5.88. The van der Waals surface area contributed by atoms with Gasteiger partial charge < -0.3 is 16.7 Å². The minimum atomic E-state index is 0. The summed E-state index contributed by atoms with van der Waals surface area (Å²) in [5.74, 6) is 0. The van der Waals surface area contributed by atoms with Crippen LogP contribution >= 0.6 is 0 Å². The van der Waals surface area contributed by atoms with Gasteiger partial charge >= 0.3 is 0 Å². The highest BCUT2D eigenvalue weighted by Gasteiger charge is 2.03. The van der Waals surface area contributed by atoms with Crippen LogP contribution in [-0.2, 0) is 6.42 Å². The maximum Gasteiger partial charge on any atom is 0.0319 e. The molecule has 0 aromatic heterocycles. The van der Waals surface area contributed by atoms with Crippen LogP contribution in [0.3, 0.4) is 0 Å². The summed E-state index contributed by atoms with van der Waals surface area (Å²) >= 11 is 0. The van der Waals surface area contributed by atoms with Crippen molar-refractivity contribution in [3.05, 3.63) is 28.8 Å². The van der Waals surface area contributed by atoms with E-state index >= 15 is 0 Å². The summed E-state index contributed by atoms with van der Waals surface area (Å²) in [6.45, 7) is 6.66. The molecule has 0 atom stereocenters. The molecule has 0 saturated carbocycles. The lowest BCUT2D eigenvalue weighted by molar-refractivity contribution is 0.556. The Hall–Kier alpha value is -1.06. The van der Waals surface area contributed by atoms with Crippen molar-refractivity contribution < 1.29 is 11.0 Å². The number of hydrogen-bond acceptors (Lipinski definition) is 1. The largest absolute Gasteiger partial charge is 0.412 e. The molecule has 1 aromatic rings. The number of aryl methyl sites for hydroxylation is 2. The fourth-order valence-corrected chi connectivity index (χ4v) is 3.21. The molecule has 0 aliphatic heterocycles. The molecule has 0 spiro atoms. The van der Waals surface area contributed by atoms with E-state index in [0.717, 1.165) is 5.69 Å². The zero-order chi connectivity index (χ0) is 15.5. The molecule has 0 fully saturated rings. The molecule has 3 nitrogen and oxygen atoms in total. The predicted molar refractivity (Wildman–Crippen MR) is 103 cm³/mol. The van der Waals surface area contributed by atoms with Gasteiger partial charge in [-0.25, -0.2) is 0 Å². The van der Waals surface area contributed by atoms with E-state index in [0.29, 0.717) is 0 Å². The number of hydrogen-bond donors (Lipinski definition) is 1. The molecule has 3 heteroatoms. The van der Waals surface area contributed by atoms with Gasteiger partial charge in [0, 0.05) is 5.69 Å². The van der Waals surface area contributed by atoms with Gasteiger partial charge in [-0.3, -0.25) is 0 Å². The Kier molecular flexibility index (Phi) is 15.3. The Labute approximate surface area is 143 Å². The molecule has 0 heterocycles. The zero-order valence-corrected chi connectivity index (χ0v) is 15.5. The normalized spacial score (nSPS) is 10.0. The smallest absolute Gasteiger partial charge is 0.0319 e. The third kappa shape index (κ3) is 10.4. The summed E-state index contributed by atoms with van der Waals surface area (Å²) < 4.78 is 0. The van der Waals surface area contributed by atoms with Crippen molar-refractivity contribution in [2.24, 2.45) is 0 Å². The summed E-state index contributed by atoms with van der Waals surface area (Å²) in [4.78, 5) is 0. The van der Waals surface area contributed by atoms with Crippen molar-refractivity contribution in [2.75, 3.05) is 5.73 Å². The summed E-state index contributed by atoms with van der Waals surface area (Å²) in [6, 6.07) is 4.22. The molecule has 0 aliphatic carbocycles. The topological polar surface area (TPSA) is 89.0 Å². The summed E-state index contributed by atoms with van der Waals surface area (Å²) in [6.07, 6.45) is 15.3. The lowest BCUT2D eigenvalue weighted by Crippen LogP contribution is -1.97.